The van der Waals surface area contributed by atoms with E-state index in [4.69, 9.17) is 9.47 Å². The van der Waals surface area contributed by atoms with Gasteiger partial charge in [0, 0.05) is 24.3 Å². The van der Waals surface area contributed by atoms with Gasteiger partial charge in [0.2, 0.25) is 5.88 Å². The molecule has 3 heterocycles. The number of pyridine rings is 2. The van der Waals surface area contributed by atoms with Crippen LogP contribution in [0.4, 0.5) is 0 Å². The zero-order chi connectivity index (χ0) is 20.9. The number of nitrogens with one attached hydrogen (secondary N) is 1. The van der Waals surface area contributed by atoms with Crippen molar-refractivity contribution >= 4 is 16.8 Å². The standard InChI is InChI=1S/C23H25N3O4/c1-2-30-22-8-7-15(13-24-22)11-16-12-20(25-18-6-4-3-5-17(16)18)23(28)26-19-9-10-29-14-21(19)27/h3-8,12-13,19,21,27H,2,9-11,14H2,1H3,(H,26,28). The van der Waals surface area contributed by atoms with Gasteiger partial charge in [-0.2, -0.15) is 0 Å². The van der Waals surface area contributed by atoms with Crippen LogP contribution < -0.4 is 10.1 Å². The number of hydrogen-bond acceptors (Lipinski definition) is 6. The van der Waals surface area contributed by atoms with Gasteiger partial charge in [0.25, 0.3) is 5.91 Å². The summed E-state index contributed by atoms with van der Waals surface area (Å²) in [5, 5.41) is 14.0. The summed E-state index contributed by atoms with van der Waals surface area (Å²) in [6.07, 6.45) is 2.27. The van der Waals surface area contributed by atoms with Crippen LogP contribution in [0.3, 0.4) is 0 Å². The third-order valence-electron chi connectivity index (χ3n) is 5.16. The van der Waals surface area contributed by atoms with Crippen molar-refractivity contribution in [2.75, 3.05) is 19.8 Å². The molecule has 3 aromatic rings. The number of ether oxygens (including phenoxy) is 2. The van der Waals surface area contributed by atoms with E-state index >= 15 is 0 Å². The number of benzene rings is 1. The van der Waals surface area contributed by atoms with E-state index in [1.165, 1.54) is 0 Å². The molecule has 1 aliphatic heterocycles. The molecule has 0 radical (unpaired) electrons. The highest BCUT2D eigenvalue weighted by Crippen LogP contribution is 2.22. The molecular formula is C23H25N3O4. The number of aliphatic hydroxyl groups excluding tert-OH is 1. The van der Waals surface area contributed by atoms with Gasteiger partial charge in [-0.1, -0.05) is 24.3 Å². The van der Waals surface area contributed by atoms with E-state index in [1.807, 2.05) is 49.4 Å². The first-order chi connectivity index (χ1) is 14.6. The number of amides is 1. The second kappa shape index (κ2) is 9.19. The maximum atomic E-state index is 12.9. The number of carbonyl (C=O) groups excluding carboxylic acids is 1. The van der Waals surface area contributed by atoms with E-state index in [1.54, 1.807) is 6.20 Å². The lowest BCUT2D eigenvalue weighted by Gasteiger charge is -2.28. The van der Waals surface area contributed by atoms with Gasteiger partial charge in [0.1, 0.15) is 5.69 Å². The summed E-state index contributed by atoms with van der Waals surface area (Å²) in [7, 11) is 0. The summed E-state index contributed by atoms with van der Waals surface area (Å²) in [4.78, 5) is 21.7. The summed E-state index contributed by atoms with van der Waals surface area (Å²) in [6.45, 7) is 3.24. The average molecular weight is 407 g/mol. The Morgan fingerprint density at radius 1 is 1.30 bits per heavy atom. The van der Waals surface area contributed by atoms with Crippen molar-refractivity contribution in [1.82, 2.24) is 15.3 Å². The van der Waals surface area contributed by atoms with Gasteiger partial charge < -0.3 is 19.9 Å². The molecule has 1 amide bonds. The minimum atomic E-state index is -0.711. The fourth-order valence-corrected chi connectivity index (χ4v) is 3.61. The SMILES string of the molecule is CCOc1ccc(Cc2cc(C(=O)NC3CCOCC3O)nc3ccccc23)cn1. The predicted molar refractivity (Wildman–Crippen MR) is 113 cm³/mol. The number of aromatic nitrogens is 2. The minimum Gasteiger partial charge on any atom is -0.478 e. The van der Waals surface area contributed by atoms with Crippen molar-refractivity contribution in [3.63, 3.8) is 0 Å². The first-order valence-electron chi connectivity index (χ1n) is 10.2. The Kier molecular flexibility index (Phi) is 6.21. The summed E-state index contributed by atoms with van der Waals surface area (Å²) in [5.74, 6) is 0.300. The molecule has 2 atom stereocenters. The maximum absolute atomic E-state index is 12.9. The van der Waals surface area contributed by atoms with Crippen LogP contribution in [0.1, 0.15) is 35.0 Å². The van der Waals surface area contributed by atoms with Crippen LogP contribution >= 0.6 is 0 Å². The Balaban J connectivity index is 1.61. The molecular weight excluding hydrogens is 382 g/mol. The topological polar surface area (TPSA) is 93.6 Å². The van der Waals surface area contributed by atoms with Gasteiger partial charge >= 0.3 is 0 Å². The van der Waals surface area contributed by atoms with Crippen LogP contribution in [-0.4, -0.2) is 52.9 Å². The highest BCUT2D eigenvalue weighted by Gasteiger charge is 2.26. The van der Waals surface area contributed by atoms with Crippen molar-refractivity contribution in [2.45, 2.75) is 31.9 Å². The van der Waals surface area contributed by atoms with Gasteiger partial charge in [-0.05, 0) is 43.0 Å². The van der Waals surface area contributed by atoms with Gasteiger partial charge in [0.05, 0.1) is 30.9 Å². The fourth-order valence-electron chi connectivity index (χ4n) is 3.61. The van der Waals surface area contributed by atoms with Gasteiger partial charge in [-0.3, -0.25) is 4.79 Å². The van der Waals surface area contributed by atoms with Crippen molar-refractivity contribution in [3.8, 4) is 5.88 Å². The third-order valence-corrected chi connectivity index (χ3v) is 5.16. The number of nitrogens with zero attached hydrogens (tertiary/aromatic N) is 2. The molecule has 4 rings (SSSR count). The van der Waals surface area contributed by atoms with Crippen molar-refractivity contribution in [3.05, 3.63) is 65.5 Å². The van der Waals surface area contributed by atoms with E-state index in [0.29, 0.717) is 37.6 Å². The molecule has 2 N–H and O–H groups in total. The van der Waals surface area contributed by atoms with Gasteiger partial charge in [-0.25, -0.2) is 9.97 Å². The molecule has 0 saturated carbocycles. The number of carbonyl (C=O) groups is 1. The second-order valence-corrected chi connectivity index (χ2v) is 7.31. The zero-order valence-electron chi connectivity index (χ0n) is 16.9. The molecule has 30 heavy (non-hydrogen) atoms. The van der Waals surface area contributed by atoms with Crippen LogP contribution in [0.15, 0.2) is 48.7 Å². The quantitative estimate of drug-likeness (QED) is 0.652. The molecule has 1 aliphatic rings. The third kappa shape index (κ3) is 4.58. The van der Waals surface area contributed by atoms with E-state index in [2.05, 4.69) is 15.3 Å². The molecule has 1 aromatic carbocycles. The van der Waals surface area contributed by atoms with Crippen LogP contribution in [0.5, 0.6) is 5.88 Å². The smallest absolute Gasteiger partial charge is 0.270 e. The highest BCUT2D eigenvalue weighted by atomic mass is 16.5. The van der Waals surface area contributed by atoms with Gasteiger partial charge in [0.15, 0.2) is 0 Å². The van der Waals surface area contributed by atoms with E-state index in [9.17, 15) is 9.90 Å². The lowest BCUT2D eigenvalue weighted by atomic mass is 10.0. The van der Waals surface area contributed by atoms with Crippen LogP contribution in [-0.2, 0) is 11.2 Å². The lowest BCUT2D eigenvalue weighted by Crippen LogP contribution is -2.48. The molecule has 2 aromatic heterocycles. The molecule has 0 spiro atoms. The number of fused-ring (bicyclic) bond motifs is 1. The normalized spacial score (nSPS) is 18.9. The predicted octanol–water partition coefficient (Wildman–Crippen LogP) is 2.50. The summed E-state index contributed by atoms with van der Waals surface area (Å²) < 4.78 is 10.6. The first kappa shape index (κ1) is 20.3. The number of aliphatic hydroxyl groups is 1. The summed E-state index contributed by atoms with van der Waals surface area (Å²) in [5.41, 5.74) is 3.10. The van der Waals surface area contributed by atoms with Crippen molar-refractivity contribution < 1.29 is 19.4 Å². The van der Waals surface area contributed by atoms with Crippen LogP contribution in [0, 0.1) is 0 Å². The zero-order valence-corrected chi connectivity index (χ0v) is 16.9. The Hall–Kier alpha value is -3.03. The van der Waals surface area contributed by atoms with Gasteiger partial charge in [-0.15, -0.1) is 0 Å². The average Bonchev–Trinajstić information content (AvgIpc) is 2.77. The monoisotopic (exact) mass is 407 g/mol. The first-order valence-corrected chi connectivity index (χ1v) is 10.2. The molecule has 1 saturated heterocycles. The van der Waals surface area contributed by atoms with E-state index in [-0.39, 0.29) is 18.6 Å². The Labute approximate surface area is 175 Å². The fraction of sp³-hybridized carbons (Fsp3) is 0.348. The lowest BCUT2D eigenvalue weighted by molar-refractivity contribution is -0.0261. The Morgan fingerprint density at radius 3 is 2.93 bits per heavy atom. The molecule has 0 bridgehead atoms. The molecule has 7 heteroatoms. The molecule has 7 nitrogen and oxygen atoms in total. The number of rotatable bonds is 6. The largest absolute Gasteiger partial charge is 0.478 e. The van der Waals surface area contributed by atoms with E-state index in [0.717, 1.165) is 22.0 Å². The number of hydrogen-bond donors (Lipinski definition) is 2. The Bertz CT molecular complexity index is 1020. The summed E-state index contributed by atoms with van der Waals surface area (Å²) >= 11 is 0. The maximum Gasteiger partial charge on any atom is 0.270 e. The second-order valence-electron chi connectivity index (χ2n) is 7.31. The van der Waals surface area contributed by atoms with E-state index < -0.39 is 6.10 Å². The Morgan fingerprint density at radius 2 is 2.17 bits per heavy atom. The van der Waals surface area contributed by atoms with Crippen molar-refractivity contribution in [2.24, 2.45) is 0 Å². The molecule has 2 unspecified atom stereocenters. The molecule has 0 aliphatic carbocycles. The van der Waals surface area contributed by atoms with Crippen LogP contribution in [0.25, 0.3) is 10.9 Å². The molecule has 156 valence electrons. The van der Waals surface area contributed by atoms with Crippen molar-refractivity contribution in [1.29, 1.82) is 0 Å². The molecule has 1 fully saturated rings. The highest BCUT2D eigenvalue weighted by molar-refractivity contribution is 5.96. The minimum absolute atomic E-state index is 0.228. The number of para-hydroxylation sites is 1. The van der Waals surface area contributed by atoms with Crippen LogP contribution in [0.2, 0.25) is 0 Å². The summed E-state index contributed by atoms with van der Waals surface area (Å²) in [6, 6.07) is 13.1.